The lowest BCUT2D eigenvalue weighted by Crippen LogP contribution is -2.30. The first kappa shape index (κ1) is 19.4. The van der Waals surface area contributed by atoms with E-state index >= 15 is 0 Å². The zero-order chi connectivity index (χ0) is 19.6. The molecular formula is C19H20ClN3O3S. The Kier molecular flexibility index (Phi) is 5.53. The molecule has 1 aliphatic heterocycles. The van der Waals surface area contributed by atoms with Crippen LogP contribution in [0.4, 0.5) is 0 Å². The number of rotatable bonds is 5. The van der Waals surface area contributed by atoms with E-state index in [2.05, 4.69) is 9.71 Å². The summed E-state index contributed by atoms with van der Waals surface area (Å²) in [4.78, 5) is 18.6. The second kappa shape index (κ2) is 7.70. The van der Waals surface area contributed by atoms with Gasteiger partial charge in [-0.05, 0) is 36.8 Å². The number of hydrogen-bond acceptors (Lipinski definition) is 4. The predicted molar refractivity (Wildman–Crippen MR) is 105 cm³/mol. The molecule has 0 radical (unpaired) electrons. The molecule has 2 aromatic carbocycles. The first-order valence-corrected chi connectivity index (χ1v) is 10.3. The van der Waals surface area contributed by atoms with Gasteiger partial charge in [0.05, 0.1) is 17.5 Å². The third-order valence-corrected chi connectivity index (χ3v) is 6.23. The Bertz CT molecular complexity index is 988. The summed E-state index contributed by atoms with van der Waals surface area (Å²) in [5, 5.41) is 0.648. The fraction of sp³-hybridized carbons (Fsp3) is 0.263. The standard InChI is InChI=1S/C19H20ClN3O3S/c1-13(14-7-9-15(20)10-8-14)23(2)18(24)11-12-21-19-16-5-3-4-6-17(16)27(25,26)22-19/h3-10,13H,11-12H2,1-2H3,(H,21,22)/t13-/m1/s1. The van der Waals surface area contributed by atoms with Crippen LogP contribution >= 0.6 is 11.6 Å². The van der Waals surface area contributed by atoms with Crippen LogP contribution in [0.2, 0.25) is 5.02 Å². The molecule has 142 valence electrons. The van der Waals surface area contributed by atoms with Crippen LogP contribution in [0.25, 0.3) is 0 Å². The van der Waals surface area contributed by atoms with E-state index in [0.29, 0.717) is 10.6 Å². The van der Waals surface area contributed by atoms with Crippen LogP contribution in [0.3, 0.4) is 0 Å². The Hall–Kier alpha value is -2.38. The third-order valence-electron chi connectivity index (χ3n) is 4.59. The van der Waals surface area contributed by atoms with Crippen molar-refractivity contribution < 1.29 is 13.2 Å². The number of amides is 1. The summed E-state index contributed by atoms with van der Waals surface area (Å²) in [7, 11) is -1.82. The molecule has 2 aromatic rings. The lowest BCUT2D eigenvalue weighted by molar-refractivity contribution is -0.131. The largest absolute Gasteiger partial charge is 0.339 e. The molecule has 8 heteroatoms. The van der Waals surface area contributed by atoms with Crippen molar-refractivity contribution in [3.63, 3.8) is 0 Å². The number of amidine groups is 1. The van der Waals surface area contributed by atoms with E-state index in [0.717, 1.165) is 5.56 Å². The molecule has 0 saturated heterocycles. The summed E-state index contributed by atoms with van der Waals surface area (Å²) in [5.74, 6) is 0.211. The maximum absolute atomic E-state index is 12.5. The first-order valence-electron chi connectivity index (χ1n) is 8.47. The molecule has 1 aliphatic rings. The van der Waals surface area contributed by atoms with Gasteiger partial charge in [-0.1, -0.05) is 35.9 Å². The number of halogens is 1. The molecule has 27 heavy (non-hydrogen) atoms. The van der Waals surface area contributed by atoms with Crippen molar-refractivity contribution in [1.82, 2.24) is 9.62 Å². The first-order chi connectivity index (χ1) is 12.8. The molecule has 1 heterocycles. The highest BCUT2D eigenvalue weighted by molar-refractivity contribution is 7.90. The maximum atomic E-state index is 12.5. The fourth-order valence-electron chi connectivity index (χ4n) is 2.87. The zero-order valence-electron chi connectivity index (χ0n) is 15.0. The summed E-state index contributed by atoms with van der Waals surface area (Å²) in [6.07, 6.45) is 0.182. The number of nitrogens with one attached hydrogen (secondary N) is 1. The number of aliphatic imine (C=N–C) groups is 1. The molecule has 1 N–H and O–H groups in total. The van der Waals surface area contributed by atoms with Gasteiger partial charge in [-0.15, -0.1) is 0 Å². The number of sulfonamides is 1. The van der Waals surface area contributed by atoms with E-state index < -0.39 is 10.0 Å². The predicted octanol–water partition coefficient (Wildman–Crippen LogP) is 2.99. The number of nitrogens with zero attached hydrogens (tertiary/aromatic N) is 2. The number of benzene rings is 2. The molecular weight excluding hydrogens is 386 g/mol. The summed E-state index contributed by atoms with van der Waals surface area (Å²) in [5.41, 5.74) is 1.52. The van der Waals surface area contributed by atoms with Crippen LogP contribution in [-0.2, 0) is 14.8 Å². The van der Waals surface area contributed by atoms with Crippen molar-refractivity contribution in [3.8, 4) is 0 Å². The molecule has 0 spiro atoms. The number of fused-ring (bicyclic) bond motifs is 1. The van der Waals surface area contributed by atoms with Gasteiger partial charge in [0.1, 0.15) is 5.84 Å². The number of hydrogen-bond donors (Lipinski definition) is 1. The van der Waals surface area contributed by atoms with Crippen LogP contribution in [0.5, 0.6) is 0 Å². The normalized spacial score (nSPS) is 17.2. The summed E-state index contributed by atoms with van der Waals surface area (Å²) < 4.78 is 26.6. The lowest BCUT2D eigenvalue weighted by Gasteiger charge is -2.25. The van der Waals surface area contributed by atoms with Gasteiger partial charge < -0.3 is 4.90 Å². The average molecular weight is 406 g/mol. The summed E-state index contributed by atoms with van der Waals surface area (Å²) in [6, 6.07) is 13.9. The lowest BCUT2D eigenvalue weighted by atomic mass is 10.1. The molecule has 0 saturated carbocycles. The minimum Gasteiger partial charge on any atom is -0.339 e. The average Bonchev–Trinajstić information content (AvgIpc) is 2.92. The molecule has 0 bridgehead atoms. The van der Waals surface area contributed by atoms with E-state index in [1.807, 2.05) is 19.1 Å². The monoisotopic (exact) mass is 405 g/mol. The summed E-state index contributed by atoms with van der Waals surface area (Å²) in [6.45, 7) is 2.14. The van der Waals surface area contributed by atoms with Gasteiger partial charge in [0, 0.05) is 24.1 Å². The molecule has 1 amide bonds. The smallest absolute Gasteiger partial charge is 0.263 e. The van der Waals surface area contributed by atoms with Crippen LogP contribution < -0.4 is 4.72 Å². The van der Waals surface area contributed by atoms with Crippen molar-refractivity contribution in [1.29, 1.82) is 0 Å². The Labute approximate surface area is 163 Å². The minimum atomic E-state index is -3.56. The molecule has 0 fully saturated rings. The molecule has 0 unspecified atom stereocenters. The highest BCUT2D eigenvalue weighted by atomic mass is 35.5. The minimum absolute atomic E-state index is 0.0732. The van der Waals surface area contributed by atoms with Crippen molar-refractivity contribution in [3.05, 3.63) is 64.7 Å². The van der Waals surface area contributed by atoms with Crippen LogP contribution in [-0.4, -0.2) is 38.7 Å². The van der Waals surface area contributed by atoms with E-state index in [1.165, 1.54) is 6.07 Å². The van der Waals surface area contributed by atoms with Crippen LogP contribution in [0.15, 0.2) is 58.4 Å². The van der Waals surface area contributed by atoms with E-state index in [9.17, 15) is 13.2 Å². The second-order valence-corrected chi connectivity index (χ2v) is 8.40. The highest BCUT2D eigenvalue weighted by Gasteiger charge is 2.30. The fourth-order valence-corrected chi connectivity index (χ4v) is 4.25. The molecule has 3 rings (SSSR count). The third kappa shape index (κ3) is 4.14. The van der Waals surface area contributed by atoms with Crippen LogP contribution in [0, 0.1) is 0 Å². The highest BCUT2D eigenvalue weighted by Crippen LogP contribution is 2.23. The van der Waals surface area contributed by atoms with E-state index in [4.69, 9.17) is 11.6 Å². The van der Waals surface area contributed by atoms with Gasteiger partial charge >= 0.3 is 0 Å². The Balaban J connectivity index is 1.64. The van der Waals surface area contributed by atoms with Gasteiger partial charge in [0.2, 0.25) is 5.91 Å². The molecule has 0 aromatic heterocycles. The van der Waals surface area contributed by atoms with Gasteiger partial charge in [-0.3, -0.25) is 14.5 Å². The Morgan fingerprint density at radius 3 is 2.56 bits per heavy atom. The zero-order valence-corrected chi connectivity index (χ0v) is 16.6. The molecule has 6 nitrogen and oxygen atoms in total. The van der Waals surface area contributed by atoms with Crippen molar-refractivity contribution >= 4 is 33.4 Å². The van der Waals surface area contributed by atoms with Gasteiger partial charge in [-0.25, -0.2) is 8.42 Å². The molecule has 0 aliphatic carbocycles. The summed E-state index contributed by atoms with van der Waals surface area (Å²) >= 11 is 5.90. The van der Waals surface area contributed by atoms with Gasteiger partial charge in [0.25, 0.3) is 10.0 Å². The van der Waals surface area contributed by atoms with E-state index in [1.54, 1.807) is 42.3 Å². The quantitative estimate of drug-likeness (QED) is 0.830. The van der Waals surface area contributed by atoms with Crippen LogP contribution in [0.1, 0.15) is 30.5 Å². The maximum Gasteiger partial charge on any atom is 0.263 e. The topological polar surface area (TPSA) is 78.8 Å². The second-order valence-electron chi connectivity index (χ2n) is 6.31. The number of carbonyl (C=O) groups is 1. The molecule has 1 atom stereocenters. The van der Waals surface area contributed by atoms with Crippen molar-refractivity contribution in [2.45, 2.75) is 24.3 Å². The Morgan fingerprint density at radius 2 is 1.85 bits per heavy atom. The van der Waals surface area contributed by atoms with Gasteiger partial charge in [0.15, 0.2) is 0 Å². The van der Waals surface area contributed by atoms with E-state index in [-0.39, 0.29) is 35.6 Å². The van der Waals surface area contributed by atoms with Gasteiger partial charge in [-0.2, -0.15) is 0 Å². The van der Waals surface area contributed by atoms with Crippen molar-refractivity contribution in [2.75, 3.05) is 13.6 Å². The number of carbonyl (C=O) groups excluding carboxylic acids is 1. The SMILES string of the molecule is C[C@H](c1ccc(Cl)cc1)N(C)C(=O)CCN=C1NS(=O)(=O)c2ccccc21. The Morgan fingerprint density at radius 1 is 1.19 bits per heavy atom. The van der Waals surface area contributed by atoms with Crippen molar-refractivity contribution in [2.24, 2.45) is 4.99 Å².